The second-order valence-corrected chi connectivity index (χ2v) is 10.9. The van der Waals surface area contributed by atoms with Crippen LogP contribution in [0.3, 0.4) is 0 Å². The van der Waals surface area contributed by atoms with E-state index in [9.17, 15) is 10.4 Å². The fourth-order valence-corrected chi connectivity index (χ4v) is 5.57. The molecule has 3 heterocycles. The maximum absolute atomic E-state index is 9.90. The van der Waals surface area contributed by atoms with E-state index in [1.807, 2.05) is 64.2 Å². The Bertz CT molecular complexity index is 1670. The molecule has 40 heavy (non-hydrogen) atoms. The summed E-state index contributed by atoms with van der Waals surface area (Å²) in [5, 5.41) is 34.0. The second kappa shape index (κ2) is 10.9. The standard InChI is InChI=1S/C32H33N7O/c1-21(2)31-30-28(24-18-35-38(20-24)19-22-6-4-3-5-7-22)14-15-34-32(30)39(37-31)26-11-8-23(17-33)29(16-26)36-25-9-12-27(40)13-10-25/h3-8,11,14-16,18,20-21,25,27,36,40H,9-10,12-13,19H2,1-2H3. The van der Waals surface area contributed by atoms with Crippen molar-refractivity contribution >= 4 is 16.7 Å². The van der Waals surface area contributed by atoms with Gasteiger partial charge in [-0.25, -0.2) is 9.67 Å². The monoisotopic (exact) mass is 531 g/mol. The molecule has 0 radical (unpaired) electrons. The first-order valence-electron chi connectivity index (χ1n) is 13.9. The molecular weight excluding hydrogens is 498 g/mol. The maximum atomic E-state index is 9.90. The van der Waals surface area contributed by atoms with Crippen molar-refractivity contribution in [3.63, 3.8) is 0 Å². The quantitative estimate of drug-likeness (QED) is 0.265. The Morgan fingerprint density at radius 1 is 1.07 bits per heavy atom. The largest absolute Gasteiger partial charge is 0.393 e. The molecule has 2 N–H and O–H groups in total. The van der Waals surface area contributed by atoms with Gasteiger partial charge in [0.25, 0.3) is 0 Å². The van der Waals surface area contributed by atoms with Gasteiger partial charge in [-0.05, 0) is 67.0 Å². The minimum atomic E-state index is -0.226. The molecule has 8 heteroatoms. The fourth-order valence-electron chi connectivity index (χ4n) is 5.57. The van der Waals surface area contributed by atoms with Gasteiger partial charge in [-0.1, -0.05) is 44.2 Å². The van der Waals surface area contributed by atoms with E-state index in [1.165, 1.54) is 5.56 Å². The van der Waals surface area contributed by atoms with E-state index in [0.29, 0.717) is 12.1 Å². The summed E-state index contributed by atoms with van der Waals surface area (Å²) < 4.78 is 3.85. The Morgan fingerprint density at radius 2 is 1.88 bits per heavy atom. The van der Waals surface area contributed by atoms with Gasteiger partial charge in [-0.2, -0.15) is 15.5 Å². The zero-order valence-corrected chi connectivity index (χ0v) is 22.8. The summed E-state index contributed by atoms with van der Waals surface area (Å²) >= 11 is 0. The van der Waals surface area contributed by atoms with E-state index in [2.05, 4.69) is 48.7 Å². The highest BCUT2D eigenvalue weighted by molar-refractivity contribution is 5.95. The molecule has 0 aliphatic heterocycles. The van der Waals surface area contributed by atoms with Gasteiger partial charge in [-0.3, -0.25) is 4.68 Å². The van der Waals surface area contributed by atoms with Gasteiger partial charge in [0.15, 0.2) is 5.65 Å². The maximum Gasteiger partial charge on any atom is 0.163 e. The highest BCUT2D eigenvalue weighted by Gasteiger charge is 2.23. The van der Waals surface area contributed by atoms with Crippen molar-refractivity contribution in [3.8, 4) is 22.9 Å². The van der Waals surface area contributed by atoms with Crippen LogP contribution in [0.15, 0.2) is 73.2 Å². The molecule has 0 spiro atoms. The third-order valence-electron chi connectivity index (χ3n) is 7.70. The van der Waals surface area contributed by atoms with E-state index >= 15 is 0 Å². The summed E-state index contributed by atoms with van der Waals surface area (Å²) in [7, 11) is 0. The Hall–Kier alpha value is -4.48. The van der Waals surface area contributed by atoms with Crippen molar-refractivity contribution in [1.82, 2.24) is 24.5 Å². The van der Waals surface area contributed by atoms with Crippen molar-refractivity contribution in [2.24, 2.45) is 0 Å². The molecule has 8 nitrogen and oxygen atoms in total. The molecule has 1 aliphatic rings. The molecule has 3 aromatic heterocycles. The van der Waals surface area contributed by atoms with Crippen LogP contribution in [0.2, 0.25) is 0 Å². The molecule has 0 bridgehead atoms. The zero-order chi connectivity index (χ0) is 27.6. The molecular formula is C32H33N7O. The average molecular weight is 532 g/mol. The van der Waals surface area contributed by atoms with Crippen molar-refractivity contribution in [3.05, 3.63) is 90.0 Å². The fraction of sp³-hybridized carbons (Fsp3) is 0.312. The third kappa shape index (κ3) is 5.08. The predicted octanol–water partition coefficient (Wildman–Crippen LogP) is 6.04. The summed E-state index contributed by atoms with van der Waals surface area (Å²) in [4.78, 5) is 4.78. The lowest BCUT2D eigenvalue weighted by Gasteiger charge is -2.27. The van der Waals surface area contributed by atoms with Crippen LogP contribution in [0, 0.1) is 11.3 Å². The number of hydrogen-bond donors (Lipinski definition) is 2. The number of nitrogens with one attached hydrogen (secondary N) is 1. The van der Waals surface area contributed by atoms with Gasteiger partial charge >= 0.3 is 0 Å². The normalized spacial score (nSPS) is 17.3. The molecule has 0 amide bonds. The number of fused-ring (bicyclic) bond motifs is 1. The second-order valence-electron chi connectivity index (χ2n) is 10.9. The Kier molecular flexibility index (Phi) is 7.06. The van der Waals surface area contributed by atoms with Crippen molar-refractivity contribution in [1.29, 1.82) is 5.26 Å². The van der Waals surface area contributed by atoms with Crippen molar-refractivity contribution < 1.29 is 5.11 Å². The number of aromatic nitrogens is 5. The molecule has 5 aromatic rings. The zero-order valence-electron chi connectivity index (χ0n) is 22.8. The van der Waals surface area contributed by atoms with Crippen LogP contribution in [0.1, 0.15) is 62.3 Å². The van der Waals surface area contributed by atoms with Crippen LogP contribution in [0.4, 0.5) is 5.69 Å². The third-order valence-corrected chi connectivity index (χ3v) is 7.70. The molecule has 6 rings (SSSR count). The van der Waals surface area contributed by atoms with E-state index in [4.69, 9.17) is 10.1 Å². The summed E-state index contributed by atoms with van der Waals surface area (Å²) in [5.41, 5.74) is 7.23. The highest BCUT2D eigenvalue weighted by Crippen LogP contribution is 2.35. The number of hydrogen-bond acceptors (Lipinski definition) is 6. The molecule has 0 unspecified atom stereocenters. The lowest BCUT2D eigenvalue weighted by molar-refractivity contribution is 0.126. The number of nitrogens with zero attached hydrogens (tertiary/aromatic N) is 6. The minimum absolute atomic E-state index is 0.177. The minimum Gasteiger partial charge on any atom is -0.393 e. The van der Waals surface area contributed by atoms with Gasteiger partial charge < -0.3 is 10.4 Å². The summed E-state index contributed by atoms with van der Waals surface area (Å²) in [6, 6.07) is 20.6. The van der Waals surface area contributed by atoms with Gasteiger partial charge in [-0.15, -0.1) is 0 Å². The smallest absolute Gasteiger partial charge is 0.163 e. The van der Waals surface area contributed by atoms with Crippen molar-refractivity contribution in [2.75, 3.05) is 5.32 Å². The highest BCUT2D eigenvalue weighted by atomic mass is 16.3. The number of nitriles is 1. The van der Waals surface area contributed by atoms with E-state index in [1.54, 1.807) is 0 Å². The predicted molar refractivity (Wildman–Crippen MR) is 156 cm³/mol. The Morgan fingerprint density at radius 3 is 2.62 bits per heavy atom. The molecule has 1 saturated carbocycles. The summed E-state index contributed by atoms with van der Waals surface area (Å²) in [5.74, 6) is 0.177. The Balaban J connectivity index is 1.39. The molecule has 1 fully saturated rings. The first kappa shape index (κ1) is 25.8. The molecule has 0 atom stereocenters. The number of anilines is 1. The average Bonchev–Trinajstić information content (AvgIpc) is 3.60. The molecule has 1 aliphatic carbocycles. The number of benzene rings is 2. The first-order chi connectivity index (χ1) is 19.5. The van der Waals surface area contributed by atoms with E-state index < -0.39 is 0 Å². The van der Waals surface area contributed by atoms with Crippen LogP contribution >= 0.6 is 0 Å². The molecule has 202 valence electrons. The lowest BCUT2D eigenvalue weighted by Crippen LogP contribution is -2.28. The van der Waals surface area contributed by atoms with Crippen LogP contribution in [0.25, 0.3) is 27.8 Å². The van der Waals surface area contributed by atoms with Crippen molar-refractivity contribution in [2.45, 2.75) is 64.1 Å². The van der Waals surface area contributed by atoms with E-state index in [-0.39, 0.29) is 18.1 Å². The van der Waals surface area contributed by atoms with Crippen LogP contribution in [-0.4, -0.2) is 41.8 Å². The van der Waals surface area contributed by atoms with Gasteiger partial charge in [0.05, 0.1) is 46.9 Å². The SMILES string of the molecule is CC(C)c1nn(-c2ccc(C#N)c(NC3CCC(O)CC3)c2)c2nccc(-c3cnn(Cc4ccccc4)c3)c12. The topological polar surface area (TPSA) is 105 Å². The van der Waals surface area contributed by atoms with Gasteiger partial charge in [0.2, 0.25) is 0 Å². The number of aliphatic hydroxyl groups is 1. The summed E-state index contributed by atoms with van der Waals surface area (Å²) in [6.45, 7) is 4.99. The van der Waals surface area contributed by atoms with Gasteiger partial charge in [0, 0.05) is 24.0 Å². The molecule has 0 saturated heterocycles. The summed E-state index contributed by atoms with van der Waals surface area (Å²) in [6.07, 6.45) is 8.88. The number of rotatable bonds is 7. The lowest BCUT2D eigenvalue weighted by atomic mass is 9.93. The Labute approximate surface area is 233 Å². The van der Waals surface area contributed by atoms with Crippen LogP contribution in [-0.2, 0) is 6.54 Å². The van der Waals surface area contributed by atoms with E-state index in [0.717, 1.165) is 64.9 Å². The number of pyridine rings is 1. The molecule has 2 aromatic carbocycles. The number of aliphatic hydroxyl groups excluding tert-OH is 1. The van der Waals surface area contributed by atoms with Crippen LogP contribution < -0.4 is 5.32 Å². The van der Waals surface area contributed by atoms with Crippen LogP contribution in [0.5, 0.6) is 0 Å². The van der Waals surface area contributed by atoms with Gasteiger partial charge in [0.1, 0.15) is 6.07 Å². The first-order valence-corrected chi connectivity index (χ1v) is 13.9.